The van der Waals surface area contributed by atoms with Crippen LogP contribution < -0.4 is 15.4 Å². The van der Waals surface area contributed by atoms with Gasteiger partial charge in [0.1, 0.15) is 6.04 Å². The van der Waals surface area contributed by atoms with Gasteiger partial charge in [-0.15, -0.1) is 0 Å². The normalized spacial score (nSPS) is 17.3. The molecular weight excluding hydrogens is 399 g/mol. The first-order valence-corrected chi connectivity index (χ1v) is 9.43. The fourth-order valence-electron chi connectivity index (χ4n) is 2.56. The lowest BCUT2D eigenvalue weighted by molar-refractivity contribution is -0.137. The minimum atomic E-state index is -4.43. The predicted molar refractivity (Wildman–Crippen MR) is 92.5 cm³/mol. The van der Waals surface area contributed by atoms with E-state index in [0.29, 0.717) is 11.1 Å². The molecule has 0 radical (unpaired) electrons. The van der Waals surface area contributed by atoms with E-state index in [4.69, 9.17) is 0 Å². The van der Waals surface area contributed by atoms with E-state index < -0.39 is 39.7 Å². The predicted octanol–water partition coefficient (Wildman–Crippen LogP) is 1.86. The Labute approximate surface area is 158 Å². The smallest absolute Gasteiger partial charge is 0.325 e. The van der Waals surface area contributed by atoms with Crippen LogP contribution in [0.2, 0.25) is 0 Å². The van der Waals surface area contributed by atoms with Crippen molar-refractivity contribution in [2.75, 3.05) is 6.54 Å². The molecule has 0 aliphatic carbocycles. The monoisotopic (exact) mass is 413 g/mol. The molecule has 0 bridgehead atoms. The average molecular weight is 413 g/mol. The number of benzene rings is 2. The van der Waals surface area contributed by atoms with Gasteiger partial charge in [-0.25, -0.2) is 17.9 Å². The highest BCUT2D eigenvalue weighted by atomic mass is 32.2. The maximum absolute atomic E-state index is 12.6. The number of hydrogen-bond donors (Lipinski definition) is 3. The molecule has 148 valence electrons. The molecule has 0 saturated carbocycles. The third-order valence-corrected chi connectivity index (χ3v) is 5.49. The molecule has 0 spiro atoms. The highest BCUT2D eigenvalue weighted by Gasteiger charge is 2.31. The van der Waals surface area contributed by atoms with Crippen LogP contribution >= 0.6 is 0 Å². The minimum Gasteiger partial charge on any atom is -0.325 e. The van der Waals surface area contributed by atoms with E-state index in [1.165, 1.54) is 36.4 Å². The molecule has 0 unspecified atom stereocenters. The summed E-state index contributed by atoms with van der Waals surface area (Å²) in [4.78, 5) is 22.4. The summed E-state index contributed by atoms with van der Waals surface area (Å²) in [5.74, 6) is -0.634. The van der Waals surface area contributed by atoms with Gasteiger partial charge in [0.05, 0.1) is 10.5 Å². The highest BCUT2D eigenvalue weighted by molar-refractivity contribution is 7.89. The molecule has 3 N–H and O–H groups in total. The molecule has 3 amide bonds. The van der Waals surface area contributed by atoms with Gasteiger partial charge in [-0.2, -0.15) is 13.2 Å². The second-order valence-electron chi connectivity index (χ2n) is 5.97. The van der Waals surface area contributed by atoms with E-state index in [9.17, 15) is 31.2 Å². The molecule has 3 rings (SSSR count). The van der Waals surface area contributed by atoms with Gasteiger partial charge in [0, 0.05) is 6.54 Å². The van der Waals surface area contributed by atoms with Crippen LogP contribution in [-0.4, -0.2) is 32.9 Å². The third-order valence-electron chi connectivity index (χ3n) is 4.05. The molecule has 28 heavy (non-hydrogen) atoms. The molecule has 1 fully saturated rings. The molecule has 0 aromatic heterocycles. The van der Waals surface area contributed by atoms with Gasteiger partial charge in [0.2, 0.25) is 10.0 Å². The standard InChI is InChI=1S/C17H14F3N3O4S/c18-17(19,20)12-5-1-10(2-6-12)11-3-7-13(8-4-11)28(26,27)21-9-14-15(24)23-16(25)22-14/h1-8,14,21H,9H2,(H2,22,23,24,25)/t14-/m0/s1. The molecule has 7 nitrogen and oxygen atoms in total. The number of urea groups is 1. The van der Waals surface area contributed by atoms with Crippen molar-refractivity contribution in [3.8, 4) is 11.1 Å². The molecule has 1 atom stereocenters. The van der Waals surface area contributed by atoms with Gasteiger partial charge in [-0.05, 0) is 35.4 Å². The quantitative estimate of drug-likeness (QED) is 0.651. The Bertz CT molecular complexity index is 1000. The summed E-state index contributed by atoms with van der Waals surface area (Å²) in [5, 5.41) is 4.25. The number of alkyl halides is 3. The Morgan fingerprint density at radius 1 is 0.929 bits per heavy atom. The minimum absolute atomic E-state index is 0.0899. The second kappa shape index (κ2) is 7.24. The molecule has 2 aromatic carbocycles. The molecular formula is C17H14F3N3O4S. The van der Waals surface area contributed by atoms with Crippen molar-refractivity contribution in [3.63, 3.8) is 0 Å². The van der Waals surface area contributed by atoms with Gasteiger partial charge in [0.25, 0.3) is 5.91 Å². The number of nitrogens with one attached hydrogen (secondary N) is 3. The van der Waals surface area contributed by atoms with Crippen LogP contribution in [-0.2, 0) is 21.0 Å². The van der Waals surface area contributed by atoms with E-state index in [1.807, 2.05) is 5.32 Å². The first-order chi connectivity index (χ1) is 13.1. The Morgan fingerprint density at radius 2 is 1.46 bits per heavy atom. The van der Waals surface area contributed by atoms with Crippen LogP contribution in [0.5, 0.6) is 0 Å². The second-order valence-corrected chi connectivity index (χ2v) is 7.73. The van der Waals surface area contributed by atoms with Crippen LogP contribution in [0.1, 0.15) is 5.56 Å². The van der Waals surface area contributed by atoms with Crippen molar-refractivity contribution in [2.45, 2.75) is 17.1 Å². The lowest BCUT2D eigenvalue weighted by atomic mass is 10.0. The van der Waals surface area contributed by atoms with Crippen molar-refractivity contribution in [3.05, 3.63) is 54.1 Å². The zero-order valence-electron chi connectivity index (χ0n) is 14.1. The van der Waals surface area contributed by atoms with Crippen LogP contribution in [0.25, 0.3) is 11.1 Å². The van der Waals surface area contributed by atoms with Crippen LogP contribution in [0.4, 0.5) is 18.0 Å². The third kappa shape index (κ3) is 4.31. The van der Waals surface area contributed by atoms with E-state index in [2.05, 4.69) is 10.0 Å². The Balaban J connectivity index is 1.71. The van der Waals surface area contributed by atoms with Gasteiger partial charge < -0.3 is 5.32 Å². The van der Waals surface area contributed by atoms with Crippen molar-refractivity contribution in [1.29, 1.82) is 0 Å². The summed E-state index contributed by atoms with van der Waals surface area (Å²) >= 11 is 0. The largest absolute Gasteiger partial charge is 0.416 e. The highest BCUT2D eigenvalue weighted by Crippen LogP contribution is 2.31. The SMILES string of the molecule is O=C1NC(=O)[C@H](CNS(=O)(=O)c2ccc(-c3ccc(C(F)(F)F)cc3)cc2)N1. The average Bonchev–Trinajstić information content (AvgIpc) is 2.97. The Kier molecular flexibility index (Phi) is 5.13. The van der Waals surface area contributed by atoms with Gasteiger partial charge in [-0.3, -0.25) is 10.1 Å². The van der Waals surface area contributed by atoms with Crippen LogP contribution in [0.15, 0.2) is 53.4 Å². The number of amides is 3. The fraction of sp³-hybridized carbons (Fsp3) is 0.176. The molecule has 1 saturated heterocycles. The molecule has 2 aromatic rings. The van der Waals surface area contributed by atoms with E-state index in [-0.39, 0.29) is 11.4 Å². The summed E-state index contributed by atoms with van der Waals surface area (Å²) in [6, 6.07) is 8.29. The van der Waals surface area contributed by atoms with Gasteiger partial charge in [0.15, 0.2) is 0 Å². The lowest BCUT2D eigenvalue weighted by Crippen LogP contribution is -2.41. The Morgan fingerprint density at radius 3 is 1.93 bits per heavy atom. The topological polar surface area (TPSA) is 104 Å². The summed E-state index contributed by atoms with van der Waals surface area (Å²) in [5.41, 5.74) is 0.257. The van der Waals surface area contributed by atoms with E-state index >= 15 is 0 Å². The van der Waals surface area contributed by atoms with Crippen LogP contribution in [0, 0.1) is 0 Å². The summed E-state index contributed by atoms with van der Waals surface area (Å²) in [6.45, 7) is -0.319. The summed E-state index contributed by atoms with van der Waals surface area (Å²) < 4.78 is 64.7. The molecule has 1 aliphatic heterocycles. The Hall–Kier alpha value is -2.92. The zero-order chi connectivity index (χ0) is 20.5. The number of carbonyl (C=O) groups is 2. The number of rotatable bonds is 5. The van der Waals surface area contributed by atoms with E-state index in [0.717, 1.165) is 12.1 Å². The van der Waals surface area contributed by atoms with E-state index in [1.54, 1.807) is 0 Å². The maximum atomic E-state index is 12.6. The van der Waals surface area contributed by atoms with Gasteiger partial charge >= 0.3 is 12.2 Å². The number of halogens is 3. The molecule has 11 heteroatoms. The maximum Gasteiger partial charge on any atom is 0.416 e. The number of imide groups is 1. The summed E-state index contributed by atoms with van der Waals surface area (Å²) in [6.07, 6.45) is -4.43. The zero-order valence-corrected chi connectivity index (χ0v) is 14.9. The molecule has 1 heterocycles. The first-order valence-electron chi connectivity index (χ1n) is 7.95. The lowest BCUT2D eigenvalue weighted by Gasteiger charge is -2.11. The van der Waals surface area contributed by atoms with Gasteiger partial charge in [-0.1, -0.05) is 24.3 Å². The number of sulfonamides is 1. The van der Waals surface area contributed by atoms with Crippen LogP contribution in [0.3, 0.4) is 0 Å². The summed E-state index contributed by atoms with van der Waals surface area (Å²) in [7, 11) is -3.94. The molecule has 1 aliphatic rings. The van der Waals surface area contributed by atoms with Crippen molar-refractivity contribution >= 4 is 22.0 Å². The van der Waals surface area contributed by atoms with Crippen molar-refractivity contribution in [2.24, 2.45) is 0 Å². The number of hydrogen-bond acceptors (Lipinski definition) is 4. The first kappa shape index (κ1) is 19.8. The van der Waals surface area contributed by atoms with Crippen molar-refractivity contribution in [1.82, 2.24) is 15.4 Å². The fourth-order valence-corrected chi connectivity index (χ4v) is 3.60. The number of carbonyl (C=O) groups excluding carboxylic acids is 2. The van der Waals surface area contributed by atoms with Crippen molar-refractivity contribution < 1.29 is 31.2 Å².